The molecule has 0 spiro atoms. The highest BCUT2D eigenvalue weighted by Crippen LogP contribution is 2.19. The quantitative estimate of drug-likeness (QED) is 0.827. The Kier molecular flexibility index (Phi) is 5.78. The van der Waals surface area contributed by atoms with Crippen LogP contribution in [-0.4, -0.2) is 42.2 Å². The number of carbonyl (C=O) groups excluding carboxylic acids is 1. The SMILES string of the molecule is COCc1noc(CNC(=O)[C@H](c2ccc(F)cc2)N(C)C)n1. The van der Waals surface area contributed by atoms with Crippen LogP contribution in [0.4, 0.5) is 4.39 Å². The van der Waals surface area contributed by atoms with Crippen molar-refractivity contribution in [1.82, 2.24) is 20.4 Å². The standard InChI is InChI=1S/C15H19FN4O3/c1-20(2)14(10-4-6-11(16)7-5-10)15(21)17-8-13-18-12(9-22-3)19-23-13/h4-7,14H,8-9H2,1-3H3,(H,17,21)/t14-/m0/s1. The number of methoxy groups -OCH3 is 1. The third kappa shape index (κ3) is 4.57. The lowest BCUT2D eigenvalue weighted by Crippen LogP contribution is -2.36. The molecule has 124 valence electrons. The summed E-state index contributed by atoms with van der Waals surface area (Å²) in [6, 6.07) is 5.28. The number of ether oxygens (including phenoxy) is 1. The maximum Gasteiger partial charge on any atom is 0.246 e. The topological polar surface area (TPSA) is 80.5 Å². The Bertz CT molecular complexity index is 642. The summed E-state index contributed by atoms with van der Waals surface area (Å²) >= 11 is 0. The van der Waals surface area contributed by atoms with Crippen LogP contribution in [0.1, 0.15) is 23.3 Å². The molecule has 1 N–H and O–H groups in total. The van der Waals surface area contributed by atoms with Gasteiger partial charge in [-0.2, -0.15) is 4.98 Å². The average molecular weight is 322 g/mol. The highest BCUT2D eigenvalue weighted by molar-refractivity contribution is 5.83. The van der Waals surface area contributed by atoms with Crippen LogP contribution < -0.4 is 5.32 Å². The zero-order valence-corrected chi connectivity index (χ0v) is 13.2. The number of halogens is 1. The van der Waals surface area contributed by atoms with E-state index in [9.17, 15) is 9.18 Å². The number of rotatable bonds is 7. The van der Waals surface area contributed by atoms with E-state index in [1.165, 1.54) is 19.2 Å². The van der Waals surface area contributed by atoms with Crippen molar-refractivity contribution in [3.63, 3.8) is 0 Å². The second kappa shape index (κ2) is 7.80. The van der Waals surface area contributed by atoms with Crippen molar-refractivity contribution in [1.29, 1.82) is 0 Å². The number of amides is 1. The number of benzene rings is 1. The number of nitrogens with one attached hydrogen (secondary N) is 1. The molecule has 0 unspecified atom stereocenters. The molecule has 1 atom stereocenters. The molecular formula is C15H19FN4O3. The molecule has 1 heterocycles. The molecule has 0 bridgehead atoms. The first kappa shape index (κ1) is 17.0. The lowest BCUT2D eigenvalue weighted by molar-refractivity contribution is -0.126. The van der Waals surface area contributed by atoms with Gasteiger partial charge >= 0.3 is 0 Å². The first-order valence-electron chi connectivity index (χ1n) is 7.01. The molecule has 0 saturated carbocycles. The van der Waals surface area contributed by atoms with Crippen LogP contribution in [0.25, 0.3) is 0 Å². The summed E-state index contributed by atoms with van der Waals surface area (Å²) in [5.41, 5.74) is 0.694. The summed E-state index contributed by atoms with van der Waals surface area (Å²) < 4.78 is 22.9. The summed E-state index contributed by atoms with van der Waals surface area (Å²) in [5.74, 6) is 0.123. The van der Waals surface area contributed by atoms with Crippen molar-refractivity contribution in [2.45, 2.75) is 19.2 Å². The average Bonchev–Trinajstić information content (AvgIpc) is 2.95. The fourth-order valence-corrected chi connectivity index (χ4v) is 2.14. The summed E-state index contributed by atoms with van der Waals surface area (Å²) in [6.07, 6.45) is 0. The molecule has 0 fully saturated rings. The van der Waals surface area contributed by atoms with Crippen molar-refractivity contribution in [2.24, 2.45) is 0 Å². The van der Waals surface area contributed by atoms with E-state index in [0.29, 0.717) is 17.3 Å². The lowest BCUT2D eigenvalue weighted by atomic mass is 10.1. The van der Waals surface area contributed by atoms with Gasteiger partial charge in [0.05, 0.1) is 6.54 Å². The number of nitrogens with zero attached hydrogens (tertiary/aromatic N) is 3. The zero-order valence-electron chi connectivity index (χ0n) is 13.2. The molecule has 23 heavy (non-hydrogen) atoms. The summed E-state index contributed by atoms with van der Waals surface area (Å²) in [5, 5.41) is 6.45. The molecule has 0 aliphatic carbocycles. The Hall–Kier alpha value is -2.32. The summed E-state index contributed by atoms with van der Waals surface area (Å²) in [4.78, 5) is 18.2. The maximum atomic E-state index is 13.0. The molecule has 0 aliphatic rings. The van der Waals surface area contributed by atoms with Crippen LogP contribution >= 0.6 is 0 Å². The van der Waals surface area contributed by atoms with Gasteiger partial charge in [0.25, 0.3) is 0 Å². The molecule has 7 nitrogen and oxygen atoms in total. The number of carbonyl (C=O) groups is 1. The zero-order chi connectivity index (χ0) is 16.8. The van der Waals surface area contributed by atoms with Gasteiger partial charge in [0, 0.05) is 7.11 Å². The van der Waals surface area contributed by atoms with Gasteiger partial charge in [0.1, 0.15) is 18.5 Å². The van der Waals surface area contributed by atoms with Crippen molar-refractivity contribution < 1.29 is 18.4 Å². The molecule has 0 aliphatic heterocycles. The van der Waals surface area contributed by atoms with E-state index in [1.807, 2.05) is 0 Å². The van der Waals surface area contributed by atoms with Crippen molar-refractivity contribution in [2.75, 3.05) is 21.2 Å². The highest BCUT2D eigenvalue weighted by atomic mass is 19.1. The molecule has 1 aromatic heterocycles. The van der Waals surface area contributed by atoms with Crippen LogP contribution in [0.5, 0.6) is 0 Å². The Labute approximate surface area is 133 Å². The maximum absolute atomic E-state index is 13.0. The van der Waals surface area contributed by atoms with Gasteiger partial charge in [-0.1, -0.05) is 17.3 Å². The minimum Gasteiger partial charge on any atom is -0.377 e. The predicted octanol–water partition coefficient (Wildman–Crippen LogP) is 1.27. The molecule has 1 amide bonds. The normalized spacial score (nSPS) is 12.4. The van der Waals surface area contributed by atoms with Crippen LogP contribution in [0.15, 0.2) is 28.8 Å². The van der Waals surface area contributed by atoms with E-state index < -0.39 is 6.04 Å². The monoisotopic (exact) mass is 322 g/mol. The highest BCUT2D eigenvalue weighted by Gasteiger charge is 2.23. The fourth-order valence-electron chi connectivity index (χ4n) is 2.14. The second-order valence-electron chi connectivity index (χ2n) is 5.17. The third-order valence-electron chi connectivity index (χ3n) is 3.15. The van der Waals surface area contributed by atoms with E-state index in [0.717, 1.165) is 0 Å². The van der Waals surface area contributed by atoms with Gasteiger partial charge in [-0.05, 0) is 31.8 Å². The van der Waals surface area contributed by atoms with E-state index in [-0.39, 0.29) is 24.9 Å². The molecule has 2 rings (SSSR count). The Balaban J connectivity index is 2.02. The van der Waals surface area contributed by atoms with Crippen LogP contribution in [0.2, 0.25) is 0 Å². The predicted molar refractivity (Wildman–Crippen MR) is 79.7 cm³/mol. The van der Waals surface area contributed by atoms with Gasteiger partial charge < -0.3 is 14.6 Å². The van der Waals surface area contributed by atoms with Gasteiger partial charge in [-0.3, -0.25) is 9.69 Å². The first-order chi connectivity index (χ1) is 11.0. The minimum absolute atomic E-state index is 0.112. The molecule has 2 aromatic rings. The van der Waals surface area contributed by atoms with Crippen LogP contribution in [-0.2, 0) is 22.7 Å². The molecule has 8 heteroatoms. The Morgan fingerprint density at radius 3 is 2.70 bits per heavy atom. The first-order valence-corrected chi connectivity index (χ1v) is 7.01. The van der Waals surface area contributed by atoms with Gasteiger partial charge in [0.15, 0.2) is 5.82 Å². The van der Waals surface area contributed by atoms with Gasteiger partial charge in [-0.15, -0.1) is 0 Å². The van der Waals surface area contributed by atoms with E-state index in [4.69, 9.17) is 9.26 Å². The van der Waals surface area contributed by atoms with E-state index in [2.05, 4.69) is 15.5 Å². The molecule has 1 aromatic carbocycles. The van der Waals surface area contributed by atoms with Crippen LogP contribution in [0.3, 0.4) is 0 Å². The molecule has 0 saturated heterocycles. The molecular weight excluding hydrogens is 303 g/mol. The fraction of sp³-hybridized carbons (Fsp3) is 0.400. The smallest absolute Gasteiger partial charge is 0.246 e. The van der Waals surface area contributed by atoms with E-state index >= 15 is 0 Å². The summed E-state index contributed by atoms with van der Waals surface area (Å²) in [7, 11) is 5.08. The minimum atomic E-state index is -0.544. The van der Waals surface area contributed by atoms with Crippen LogP contribution in [0, 0.1) is 5.82 Å². The van der Waals surface area contributed by atoms with Gasteiger partial charge in [0.2, 0.25) is 11.8 Å². The summed E-state index contributed by atoms with van der Waals surface area (Å²) in [6.45, 7) is 0.356. The second-order valence-corrected chi connectivity index (χ2v) is 5.17. The number of likely N-dealkylation sites (N-methyl/N-ethyl adjacent to an activating group) is 1. The number of hydrogen-bond acceptors (Lipinski definition) is 6. The van der Waals surface area contributed by atoms with Crippen molar-refractivity contribution >= 4 is 5.91 Å². The van der Waals surface area contributed by atoms with E-state index in [1.54, 1.807) is 31.1 Å². The number of hydrogen-bond donors (Lipinski definition) is 1. The Morgan fingerprint density at radius 1 is 1.39 bits per heavy atom. The third-order valence-corrected chi connectivity index (χ3v) is 3.15. The largest absolute Gasteiger partial charge is 0.377 e. The molecule has 0 radical (unpaired) electrons. The van der Waals surface area contributed by atoms with Crippen molar-refractivity contribution in [3.05, 3.63) is 47.4 Å². The number of aromatic nitrogens is 2. The van der Waals surface area contributed by atoms with Crippen molar-refractivity contribution in [3.8, 4) is 0 Å². The lowest BCUT2D eigenvalue weighted by Gasteiger charge is -2.23. The Morgan fingerprint density at radius 2 is 2.09 bits per heavy atom. The van der Waals surface area contributed by atoms with Gasteiger partial charge in [-0.25, -0.2) is 4.39 Å².